The molecular weight excluding hydrogens is 186 g/mol. The van der Waals surface area contributed by atoms with E-state index >= 15 is 0 Å². The number of aliphatic hydroxyl groups is 1. The number of aromatic nitrogens is 1. The lowest BCUT2D eigenvalue weighted by molar-refractivity contribution is 0.0705. The van der Waals surface area contributed by atoms with Crippen LogP contribution in [0.5, 0.6) is 0 Å². The molecule has 0 saturated heterocycles. The Morgan fingerprint density at radius 1 is 1.69 bits per heavy atom. The first kappa shape index (κ1) is 10.4. The fraction of sp³-hybridized carbons (Fsp3) is 0.625. The van der Waals surface area contributed by atoms with Gasteiger partial charge in [0.1, 0.15) is 5.60 Å². The molecule has 1 atom stereocenters. The second-order valence-electron chi connectivity index (χ2n) is 3.38. The van der Waals surface area contributed by atoms with Gasteiger partial charge in [-0.25, -0.2) is 4.98 Å². The maximum absolute atomic E-state index is 9.82. The number of hydrogen-bond acceptors (Lipinski definition) is 5. The zero-order valence-corrected chi connectivity index (χ0v) is 8.93. The van der Waals surface area contributed by atoms with Crippen LogP contribution in [0.1, 0.15) is 11.8 Å². The highest BCUT2D eigenvalue weighted by atomic mass is 32.1. The summed E-state index contributed by atoms with van der Waals surface area (Å²) in [5, 5.41) is 10.7. The molecule has 1 aromatic rings. The van der Waals surface area contributed by atoms with Gasteiger partial charge in [0.25, 0.3) is 0 Å². The van der Waals surface area contributed by atoms with E-state index in [1.807, 2.05) is 19.0 Å². The number of nitrogens with zero attached hydrogens (tertiary/aromatic N) is 2. The van der Waals surface area contributed by atoms with Gasteiger partial charge in [-0.05, 0) is 6.92 Å². The Morgan fingerprint density at radius 3 is 2.69 bits per heavy atom. The van der Waals surface area contributed by atoms with Crippen molar-refractivity contribution in [1.29, 1.82) is 0 Å². The van der Waals surface area contributed by atoms with Crippen molar-refractivity contribution in [3.05, 3.63) is 11.1 Å². The van der Waals surface area contributed by atoms with E-state index in [0.717, 1.165) is 10.0 Å². The standard InChI is InChI=1S/C8H15N3OS/c1-8(12,5-9)6-4-10-7(13-6)11(2)3/h4,12H,5,9H2,1-3H3. The number of hydrogen-bond donors (Lipinski definition) is 2. The summed E-state index contributed by atoms with van der Waals surface area (Å²) in [5.41, 5.74) is 4.49. The van der Waals surface area contributed by atoms with Crippen molar-refractivity contribution in [1.82, 2.24) is 4.98 Å². The molecule has 4 nitrogen and oxygen atoms in total. The Balaban J connectivity index is 2.91. The first-order valence-corrected chi connectivity index (χ1v) is 4.85. The molecule has 74 valence electrons. The molecule has 0 bridgehead atoms. The van der Waals surface area contributed by atoms with Gasteiger partial charge in [-0.3, -0.25) is 0 Å². The van der Waals surface area contributed by atoms with Crippen molar-refractivity contribution in [2.45, 2.75) is 12.5 Å². The van der Waals surface area contributed by atoms with Crippen molar-refractivity contribution in [2.24, 2.45) is 5.73 Å². The molecule has 0 fully saturated rings. The Labute approximate surface area is 82.0 Å². The Bertz CT molecular complexity index is 283. The Hall–Kier alpha value is -0.650. The van der Waals surface area contributed by atoms with Crippen LogP contribution in [0.25, 0.3) is 0 Å². The lowest BCUT2D eigenvalue weighted by Gasteiger charge is -2.18. The number of rotatable bonds is 3. The zero-order chi connectivity index (χ0) is 10.1. The third-order valence-electron chi connectivity index (χ3n) is 1.80. The minimum absolute atomic E-state index is 0.210. The highest BCUT2D eigenvalue weighted by Crippen LogP contribution is 2.29. The van der Waals surface area contributed by atoms with Crippen LogP contribution < -0.4 is 10.6 Å². The Morgan fingerprint density at radius 2 is 2.31 bits per heavy atom. The molecular formula is C8H15N3OS. The van der Waals surface area contributed by atoms with E-state index in [1.54, 1.807) is 13.1 Å². The number of anilines is 1. The summed E-state index contributed by atoms with van der Waals surface area (Å²) in [5.74, 6) is 0. The molecule has 0 saturated carbocycles. The summed E-state index contributed by atoms with van der Waals surface area (Å²) in [6.07, 6.45) is 1.67. The topological polar surface area (TPSA) is 62.4 Å². The van der Waals surface area contributed by atoms with Gasteiger partial charge in [-0.2, -0.15) is 0 Å². The Kier molecular flexibility index (Phi) is 2.90. The molecule has 0 aliphatic rings. The van der Waals surface area contributed by atoms with Gasteiger partial charge in [0, 0.05) is 26.8 Å². The molecule has 13 heavy (non-hydrogen) atoms. The predicted molar refractivity (Wildman–Crippen MR) is 55.1 cm³/mol. The van der Waals surface area contributed by atoms with Crippen LogP contribution >= 0.6 is 11.3 Å². The summed E-state index contributed by atoms with van der Waals surface area (Å²) in [6, 6.07) is 0. The van der Waals surface area contributed by atoms with Crippen LogP contribution in [-0.2, 0) is 5.60 Å². The highest BCUT2D eigenvalue weighted by Gasteiger charge is 2.24. The molecule has 3 N–H and O–H groups in total. The lowest BCUT2D eigenvalue weighted by Crippen LogP contribution is -2.30. The van der Waals surface area contributed by atoms with Crippen molar-refractivity contribution in [2.75, 3.05) is 25.5 Å². The van der Waals surface area contributed by atoms with Gasteiger partial charge in [-0.1, -0.05) is 11.3 Å². The number of thiazole rings is 1. The summed E-state index contributed by atoms with van der Waals surface area (Å²) in [6.45, 7) is 1.90. The van der Waals surface area contributed by atoms with Crippen LogP contribution in [0.15, 0.2) is 6.20 Å². The van der Waals surface area contributed by atoms with Crippen molar-refractivity contribution < 1.29 is 5.11 Å². The van der Waals surface area contributed by atoms with Crippen molar-refractivity contribution in [3.63, 3.8) is 0 Å². The van der Waals surface area contributed by atoms with Gasteiger partial charge in [0.05, 0.1) is 4.88 Å². The minimum atomic E-state index is -0.952. The molecule has 0 aliphatic carbocycles. The van der Waals surface area contributed by atoms with Crippen molar-refractivity contribution in [3.8, 4) is 0 Å². The fourth-order valence-electron chi connectivity index (χ4n) is 0.821. The van der Waals surface area contributed by atoms with Gasteiger partial charge in [0.15, 0.2) is 5.13 Å². The number of nitrogens with two attached hydrogens (primary N) is 1. The summed E-state index contributed by atoms with van der Waals surface area (Å²) in [4.78, 5) is 6.87. The largest absolute Gasteiger partial charge is 0.383 e. The van der Waals surface area contributed by atoms with Crippen LogP contribution in [-0.4, -0.2) is 30.7 Å². The third kappa shape index (κ3) is 2.18. The molecule has 1 rings (SSSR count). The van der Waals surface area contributed by atoms with Crippen molar-refractivity contribution >= 4 is 16.5 Å². The molecule has 5 heteroatoms. The fourth-order valence-corrected chi connectivity index (χ4v) is 1.71. The van der Waals surface area contributed by atoms with E-state index in [4.69, 9.17) is 5.73 Å². The molecule has 0 radical (unpaired) electrons. The molecule has 0 aliphatic heterocycles. The van der Waals surface area contributed by atoms with Crippen LogP contribution in [0.2, 0.25) is 0 Å². The van der Waals surface area contributed by atoms with E-state index in [9.17, 15) is 5.11 Å². The lowest BCUT2D eigenvalue weighted by atomic mass is 10.1. The average Bonchev–Trinajstić information content (AvgIpc) is 2.52. The normalized spacial score (nSPS) is 15.5. The first-order chi connectivity index (χ1) is 5.97. The van der Waals surface area contributed by atoms with E-state index in [2.05, 4.69) is 4.98 Å². The predicted octanol–water partition coefficient (Wildman–Crippen LogP) is 0.375. The maximum Gasteiger partial charge on any atom is 0.185 e. The molecule has 1 aromatic heterocycles. The quantitative estimate of drug-likeness (QED) is 0.742. The minimum Gasteiger partial charge on any atom is -0.383 e. The van der Waals surface area contributed by atoms with Gasteiger partial charge in [0.2, 0.25) is 0 Å². The molecule has 1 unspecified atom stereocenters. The van der Waals surface area contributed by atoms with Crippen LogP contribution in [0.3, 0.4) is 0 Å². The molecule has 0 amide bonds. The van der Waals surface area contributed by atoms with E-state index in [0.29, 0.717) is 0 Å². The van der Waals surface area contributed by atoms with E-state index in [-0.39, 0.29) is 6.54 Å². The van der Waals surface area contributed by atoms with E-state index in [1.165, 1.54) is 11.3 Å². The zero-order valence-electron chi connectivity index (χ0n) is 8.11. The maximum atomic E-state index is 9.82. The van der Waals surface area contributed by atoms with Crippen LogP contribution in [0.4, 0.5) is 5.13 Å². The summed E-state index contributed by atoms with van der Waals surface area (Å²) < 4.78 is 0. The van der Waals surface area contributed by atoms with Gasteiger partial charge >= 0.3 is 0 Å². The average molecular weight is 201 g/mol. The summed E-state index contributed by atoms with van der Waals surface area (Å²) >= 11 is 1.46. The SMILES string of the molecule is CN(C)c1ncc(C(C)(O)CN)s1. The summed E-state index contributed by atoms with van der Waals surface area (Å²) in [7, 11) is 3.83. The highest BCUT2D eigenvalue weighted by molar-refractivity contribution is 7.15. The van der Waals surface area contributed by atoms with Crippen LogP contribution in [0, 0.1) is 0 Å². The second-order valence-corrected chi connectivity index (χ2v) is 4.39. The molecule has 1 heterocycles. The second kappa shape index (κ2) is 3.61. The van der Waals surface area contributed by atoms with E-state index < -0.39 is 5.60 Å². The first-order valence-electron chi connectivity index (χ1n) is 4.03. The smallest absolute Gasteiger partial charge is 0.185 e. The van der Waals surface area contributed by atoms with Gasteiger partial charge in [-0.15, -0.1) is 0 Å². The molecule has 0 spiro atoms. The van der Waals surface area contributed by atoms with Gasteiger partial charge < -0.3 is 15.7 Å². The molecule has 0 aromatic carbocycles. The third-order valence-corrected chi connectivity index (χ3v) is 3.22. The monoisotopic (exact) mass is 201 g/mol.